The fourth-order valence-corrected chi connectivity index (χ4v) is 1.87. The molecule has 4 heteroatoms. The van der Waals surface area contributed by atoms with Crippen molar-refractivity contribution in [2.45, 2.75) is 6.92 Å². The summed E-state index contributed by atoms with van der Waals surface area (Å²) in [6, 6.07) is 6.84. The van der Waals surface area contributed by atoms with Gasteiger partial charge in [0.25, 0.3) is 0 Å². The summed E-state index contributed by atoms with van der Waals surface area (Å²) in [6.07, 6.45) is 1.47. The molecule has 0 fully saturated rings. The smallest absolute Gasteiger partial charge is 0.229 e. The zero-order chi connectivity index (χ0) is 11.7. The van der Waals surface area contributed by atoms with E-state index in [4.69, 9.17) is 16.0 Å². The van der Waals surface area contributed by atoms with E-state index in [0.29, 0.717) is 20.8 Å². The van der Waals surface area contributed by atoms with E-state index in [-0.39, 0.29) is 5.78 Å². The molecule has 1 aromatic heterocycles. The molecule has 0 amide bonds. The van der Waals surface area contributed by atoms with Crippen LogP contribution in [-0.4, -0.2) is 5.78 Å². The Morgan fingerprint density at radius 3 is 2.69 bits per heavy atom. The lowest BCUT2D eigenvalue weighted by Crippen LogP contribution is -2.00. The van der Waals surface area contributed by atoms with Crippen LogP contribution in [0, 0.1) is 6.92 Å². The van der Waals surface area contributed by atoms with Gasteiger partial charge >= 0.3 is 0 Å². The van der Waals surface area contributed by atoms with Crippen molar-refractivity contribution in [1.29, 1.82) is 0 Å². The molecule has 0 unspecified atom stereocenters. The summed E-state index contributed by atoms with van der Waals surface area (Å²) in [5.41, 5.74) is 1.44. The molecule has 1 heterocycles. The second kappa shape index (κ2) is 4.44. The highest BCUT2D eigenvalue weighted by Gasteiger charge is 2.16. The van der Waals surface area contributed by atoms with Gasteiger partial charge in [0.1, 0.15) is 0 Å². The maximum Gasteiger partial charge on any atom is 0.229 e. The van der Waals surface area contributed by atoms with E-state index < -0.39 is 0 Å². The van der Waals surface area contributed by atoms with Gasteiger partial charge in [-0.1, -0.05) is 11.6 Å². The first kappa shape index (κ1) is 11.4. The zero-order valence-corrected chi connectivity index (χ0v) is 10.8. The van der Waals surface area contributed by atoms with Gasteiger partial charge in [-0.3, -0.25) is 4.79 Å². The summed E-state index contributed by atoms with van der Waals surface area (Å²) in [7, 11) is 0. The standard InChI is InChI=1S/C12H8BrClO2/c1-7-6-8(2-3-10(7)14)11(15)12-9(13)4-5-16-12/h2-6H,1H3. The second-order valence-corrected chi connectivity index (χ2v) is 4.65. The second-order valence-electron chi connectivity index (χ2n) is 3.39. The van der Waals surface area contributed by atoms with E-state index in [1.807, 2.05) is 6.92 Å². The van der Waals surface area contributed by atoms with E-state index >= 15 is 0 Å². The van der Waals surface area contributed by atoms with Gasteiger partial charge in [0.2, 0.25) is 5.78 Å². The minimum absolute atomic E-state index is 0.156. The van der Waals surface area contributed by atoms with Gasteiger partial charge in [0.05, 0.1) is 10.7 Å². The Morgan fingerprint density at radius 2 is 2.12 bits per heavy atom. The van der Waals surface area contributed by atoms with Crippen LogP contribution >= 0.6 is 27.5 Å². The predicted molar refractivity (Wildman–Crippen MR) is 66.0 cm³/mol. The van der Waals surface area contributed by atoms with Crippen molar-refractivity contribution >= 4 is 33.3 Å². The lowest BCUT2D eigenvalue weighted by atomic mass is 10.1. The predicted octanol–water partition coefficient (Wildman–Crippen LogP) is 4.23. The van der Waals surface area contributed by atoms with Crippen LogP contribution in [0.1, 0.15) is 21.7 Å². The van der Waals surface area contributed by atoms with Gasteiger partial charge in [-0.05, 0) is 52.7 Å². The summed E-state index contributed by atoms with van der Waals surface area (Å²) in [4.78, 5) is 12.0. The van der Waals surface area contributed by atoms with Gasteiger partial charge in [-0.25, -0.2) is 0 Å². The average molecular weight is 300 g/mol. The third-order valence-electron chi connectivity index (χ3n) is 2.24. The molecule has 2 aromatic rings. The van der Waals surface area contributed by atoms with Gasteiger partial charge in [0.15, 0.2) is 5.76 Å². The van der Waals surface area contributed by atoms with E-state index in [1.54, 1.807) is 24.3 Å². The maximum atomic E-state index is 12.0. The molecule has 0 aliphatic carbocycles. The molecule has 16 heavy (non-hydrogen) atoms. The number of benzene rings is 1. The van der Waals surface area contributed by atoms with Crippen molar-refractivity contribution in [2.24, 2.45) is 0 Å². The lowest BCUT2D eigenvalue weighted by molar-refractivity contribution is 0.101. The molecule has 0 radical (unpaired) electrons. The number of hydrogen-bond acceptors (Lipinski definition) is 2. The van der Waals surface area contributed by atoms with Crippen LogP contribution in [0.4, 0.5) is 0 Å². The number of rotatable bonds is 2. The van der Waals surface area contributed by atoms with E-state index in [0.717, 1.165) is 5.56 Å². The van der Waals surface area contributed by atoms with Crippen molar-refractivity contribution in [3.05, 3.63) is 56.9 Å². The molecular weight excluding hydrogens is 291 g/mol. The Hall–Kier alpha value is -1.06. The largest absolute Gasteiger partial charge is 0.460 e. The molecule has 0 atom stereocenters. The Labute approximate surface area is 106 Å². The van der Waals surface area contributed by atoms with Gasteiger partial charge < -0.3 is 4.42 Å². The molecule has 1 aromatic carbocycles. The number of hydrogen-bond donors (Lipinski definition) is 0. The number of ketones is 1. The van der Waals surface area contributed by atoms with Crippen LogP contribution < -0.4 is 0 Å². The zero-order valence-electron chi connectivity index (χ0n) is 8.46. The van der Waals surface area contributed by atoms with Crippen molar-refractivity contribution in [3.63, 3.8) is 0 Å². The minimum atomic E-state index is -0.156. The van der Waals surface area contributed by atoms with Gasteiger partial charge in [-0.15, -0.1) is 0 Å². The van der Waals surface area contributed by atoms with Crippen LogP contribution in [0.3, 0.4) is 0 Å². The Morgan fingerprint density at radius 1 is 1.38 bits per heavy atom. The topological polar surface area (TPSA) is 30.2 Å². The fourth-order valence-electron chi connectivity index (χ4n) is 1.37. The normalized spacial score (nSPS) is 10.4. The monoisotopic (exact) mass is 298 g/mol. The van der Waals surface area contributed by atoms with E-state index in [9.17, 15) is 4.79 Å². The summed E-state index contributed by atoms with van der Waals surface area (Å²) < 4.78 is 5.78. The maximum absolute atomic E-state index is 12.0. The van der Waals surface area contributed by atoms with E-state index in [2.05, 4.69) is 15.9 Å². The van der Waals surface area contributed by atoms with Crippen molar-refractivity contribution < 1.29 is 9.21 Å². The summed E-state index contributed by atoms with van der Waals surface area (Å²) in [5, 5.41) is 0.648. The summed E-state index contributed by atoms with van der Waals surface area (Å²) in [6.45, 7) is 1.86. The first-order valence-electron chi connectivity index (χ1n) is 4.63. The molecule has 0 saturated heterocycles. The van der Waals surface area contributed by atoms with Crippen LogP contribution in [-0.2, 0) is 0 Å². The van der Waals surface area contributed by atoms with Crippen LogP contribution in [0.5, 0.6) is 0 Å². The molecule has 0 aliphatic heterocycles. The van der Waals surface area contributed by atoms with Crippen molar-refractivity contribution in [2.75, 3.05) is 0 Å². The van der Waals surface area contributed by atoms with Crippen molar-refractivity contribution in [1.82, 2.24) is 0 Å². The highest BCUT2D eigenvalue weighted by Crippen LogP contribution is 2.23. The first-order chi connectivity index (χ1) is 7.59. The van der Waals surface area contributed by atoms with Crippen LogP contribution in [0.2, 0.25) is 5.02 Å². The molecule has 82 valence electrons. The number of carbonyl (C=O) groups excluding carboxylic acids is 1. The Kier molecular flexibility index (Phi) is 3.17. The molecule has 0 spiro atoms. The van der Waals surface area contributed by atoms with Crippen molar-refractivity contribution in [3.8, 4) is 0 Å². The quantitative estimate of drug-likeness (QED) is 0.777. The molecule has 2 rings (SSSR count). The molecule has 0 bridgehead atoms. The lowest BCUT2D eigenvalue weighted by Gasteiger charge is -2.02. The number of halogens is 2. The van der Waals surface area contributed by atoms with Crippen LogP contribution in [0.25, 0.3) is 0 Å². The Balaban J connectivity index is 2.42. The third-order valence-corrected chi connectivity index (χ3v) is 3.29. The molecule has 0 N–H and O–H groups in total. The number of aryl methyl sites for hydroxylation is 1. The van der Waals surface area contributed by atoms with Gasteiger partial charge in [-0.2, -0.15) is 0 Å². The summed E-state index contributed by atoms with van der Waals surface area (Å²) in [5.74, 6) is 0.151. The average Bonchev–Trinajstić information content (AvgIpc) is 2.67. The molecule has 0 aliphatic rings. The van der Waals surface area contributed by atoms with E-state index in [1.165, 1.54) is 6.26 Å². The molecular formula is C12H8BrClO2. The SMILES string of the molecule is Cc1cc(C(=O)c2occc2Br)ccc1Cl. The third kappa shape index (κ3) is 2.06. The highest BCUT2D eigenvalue weighted by atomic mass is 79.9. The summed E-state index contributed by atoms with van der Waals surface area (Å²) >= 11 is 9.15. The van der Waals surface area contributed by atoms with Gasteiger partial charge in [0, 0.05) is 10.6 Å². The Bertz CT molecular complexity index is 546. The molecule has 0 saturated carbocycles. The first-order valence-corrected chi connectivity index (χ1v) is 5.80. The van der Waals surface area contributed by atoms with Crippen LogP contribution in [0.15, 0.2) is 39.4 Å². The number of carbonyl (C=O) groups is 1. The highest BCUT2D eigenvalue weighted by molar-refractivity contribution is 9.10. The number of furan rings is 1. The fraction of sp³-hybridized carbons (Fsp3) is 0.0833. The molecule has 2 nitrogen and oxygen atoms in total. The minimum Gasteiger partial charge on any atom is -0.460 e.